The van der Waals surface area contributed by atoms with Crippen LogP contribution in [0.3, 0.4) is 0 Å². The minimum absolute atomic E-state index is 0. The van der Waals surface area contributed by atoms with Gasteiger partial charge < -0.3 is 21.7 Å². The van der Waals surface area contributed by atoms with Crippen LogP contribution in [0.5, 0.6) is 5.75 Å². The van der Waals surface area contributed by atoms with Crippen molar-refractivity contribution in [2.24, 2.45) is 0 Å². The molecule has 4 aromatic rings. The predicted molar refractivity (Wildman–Crippen MR) is 132 cm³/mol. The molecule has 4 heteroatoms. The first-order valence-electron chi connectivity index (χ1n) is 10.2. The number of benzene rings is 4. The van der Waals surface area contributed by atoms with Crippen LogP contribution in [0.15, 0.2) is 115 Å². The molecule has 0 aliphatic rings. The molecule has 4 rings (SSSR count). The van der Waals surface area contributed by atoms with Gasteiger partial charge in [-0.3, -0.25) is 0 Å². The Morgan fingerprint density at radius 3 is 1.42 bits per heavy atom. The molecule has 0 aliphatic carbocycles. The van der Waals surface area contributed by atoms with Gasteiger partial charge in [0.05, 0.1) is 12.8 Å². The van der Waals surface area contributed by atoms with E-state index in [0.717, 1.165) is 23.4 Å². The number of halogens is 2. The van der Waals surface area contributed by atoms with Gasteiger partial charge in [-0.2, -0.15) is 0 Å². The molecule has 0 saturated heterocycles. The monoisotopic (exact) mass is 510 g/mol. The van der Waals surface area contributed by atoms with Crippen LogP contribution in [0.4, 0.5) is 0 Å². The van der Waals surface area contributed by atoms with E-state index in [1.807, 2.05) is 24.3 Å². The minimum atomic E-state index is -1.78. The Morgan fingerprint density at radius 1 is 0.581 bits per heavy atom. The van der Waals surface area contributed by atoms with Gasteiger partial charge in [-0.15, -0.1) is 0 Å². The molecule has 0 atom stereocenters. The van der Waals surface area contributed by atoms with Gasteiger partial charge in [0.25, 0.3) is 0 Å². The summed E-state index contributed by atoms with van der Waals surface area (Å²) >= 11 is 5.99. The van der Waals surface area contributed by atoms with Gasteiger partial charge in [0.15, 0.2) is 0 Å². The molecule has 0 heterocycles. The quantitative estimate of drug-likeness (QED) is 0.261. The first-order valence-corrected chi connectivity index (χ1v) is 12.6. The van der Waals surface area contributed by atoms with Crippen molar-refractivity contribution in [2.75, 3.05) is 12.8 Å². The van der Waals surface area contributed by atoms with Gasteiger partial charge in [0.1, 0.15) is 28.9 Å². The molecule has 1 nitrogen and oxygen atoms in total. The summed E-state index contributed by atoms with van der Waals surface area (Å²) < 4.78 is 6.02. The van der Waals surface area contributed by atoms with Gasteiger partial charge in [-0.1, -0.05) is 66.2 Å². The third-order valence-electron chi connectivity index (χ3n) is 5.31. The van der Waals surface area contributed by atoms with Crippen molar-refractivity contribution in [3.05, 3.63) is 120 Å². The van der Waals surface area contributed by atoms with Gasteiger partial charge >= 0.3 is 0 Å². The van der Waals surface area contributed by atoms with Gasteiger partial charge in [0, 0.05) is 11.4 Å². The van der Waals surface area contributed by atoms with Crippen molar-refractivity contribution >= 4 is 34.8 Å². The van der Waals surface area contributed by atoms with Gasteiger partial charge in [-0.25, -0.2) is 0 Å². The summed E-state index contributed by atoms with van der Waals surface area (Å²) in [5.41, 5.74) is 0. The van der Waals surface area contributed by atoms with E-state index >= 15 is 0 Å². The minimum Gasteiger partial charge on any atom is -1.00 e. The van der Waals surface area contributed by atoms with E-state index in [9.17, 15) is 0 Å². The first kappa shape index (κ1) is 23.5. The Morgan fingerprint density at radius 2 is 1.00 bits per heavy atom. The lowest BCUT2D eigenvalue weighted by atomic mass is 10.3. The summed E-state index contributed by atoms with van der Waals surface area (Å²) in [6.07, 6.45) is 2.02. The van der Waals surface area contributed by atoms with Crippen LogP contribution in [-0.2, 0) is 0 Å². The van der Waals surface area contributed by atoms with Crippen molar-refractivity contribution in [1.82, 2.24) is 0 Å². The average Bonchev–Trinajstić information content (AvgIpc) is 2.82. The Balaban J connectivity index is 0.00000272. The smallest absolute Gasteiger partial charge is 0.119 e. The standard InChI is InChI=1S/C27H25ClOP.BrH/c28-23-17-19-24(20-18-23)29-21-10-22-30(25-11-4-1-5-12-25,26-13-6-2-7-14-26)27-15-8-3-9-16-27;/h1-9,11-20H,10,21-22H2;1H/q+1;/p-1. The number of ether oxygens (including phenoxy) is 1. The molecule has 31 heavy (non-hydrogen) atoms. The molecular weight excluding hydrogens is 487 g/mol. The fraction of sp³-hybridized carbons (Fsp3) is 0.111. The molecule has 0 radical (unpaired) electrons. The van der Waals surface area contributed by atoms with E-state index in [-0.39, 0.29) is 17.0 Å². The summed E-state index contributed by atoms with van der Waals surface area (Å²) in [4.78, 5) is 0. The van der Waals surface area contributed by atoms with Crippen LogP contribution in [0.2, 0.25) is 5.02 Å². The normalized spacial score (nSPS) is 10.9. The maximum atomic E-state index is 6.02. The first-order chi connectivity index (χ1) is 14.8. The van der Waals surface area contributed by atoms with E-state index < -0.39 is 7.26 Å². The number of rotatable bonds is 8. The fourth-order valence-electron chi connectivity index (χ4n) is 3.90. The maximum absolute atomic E-state index is 6.02. The highest BCUT2D eigenvalue weighted by Gasteiger charge is 2.44. The second kappa shape index (κ2) is 11.5. The SMILES string of the molecule is Clc1ccc(OCCC[P+](c2ccccc2)(c2ccccc2)c2ccccc2)cc1.[Br-]. The van der Waals surface area contributed by atoms with Crippen LogP contribution in [-0.4, -0.2) is 12.8 Å². The highest BCUT2D eigenvalue weighted by molar-refractivity contribution is 7.95. The predicted octanol–water partition coefficient (Wildman–Crippen LogP) is 3.11. The molecule has 4 aromatic carbocycles. The van der Waals surface area contributed by atoms with Crippen LogP contribution >= 0.6 is 18.9 Å². The molecule has 0 amide bonds. The molecule has 0 aromatic heterocycles. The highest BCUT2D eigenvalue weighted by Crippen LogP contribution is 2.55. The number of hydrogen-bond acceptors (Lipinski definition) is 1. The molecule has 0 aliphatic heterocycles. The third-order valence-corrected chi connectivity index (χ3v) is 10.1. The fourth-order valence-corrected chi connectivity index (χ4v) is 8.35. The Labute approximate surface area is 201 Å². The number of hydrogen-bond donors (Lipinski definition) is 0. The zero-order valence-electron chi connectivity index (χ0n) is 17.2. The van der Waals surface area contributed by atoms with E-state index in [1.54, 1.807) is 0 Å². The molecule has 158 valence electrons. The lowest BCUT2D eigenvalue weighted by molar-refractivity contribution is -0.00000619. The zero-order valence-corrected chi connectivity index (χ0v) is 20.4. The van der Waals surface area contributed by atoms with Crippen LogP contribution in [0.1, 0.15) is 6.42 Å². The molecule has 0 unspecified atom stereocenters. The highest BCUT2D eigenvalue weighted by atomic mass is 79.9. The second-order valence-electron chi connectivity index (χ2n) is 7.20. The van der Waals surface area contributed by atoms with Crippen molar-refractivity contribution in [3.63, 3.8) is 0 Å². The zero-order chi connectivity index (χ0) is 20.7. The Hall–Kier alpha value is -2.12. The van der Waals surface area contributed by atoms with Crippen molar-refractivity contribution in [3.8, 4) is 5.75 Å². The summed E-state index contributed by atoms with van der Waals surface area (Å²) in [7, 11) is -1.78. The van der Waals surface area contributed by atoms with E-state index in [2.05, 4.69) is 91.0 Å². The molecule has 0 bridgehead atoms. The lowest BCUT2D eigenvalue weighted by Crippen LogP contribution is -3.00. The Kier molecular flexibility index (Phi) is 8.72. The molecular formula is C27H25BrClOP. The van der Waals surface area contributed by atoms with Crippen LogP contribution < -0.4 is 37.6 Å². The van der Waals surface area contributed by atoms with Crippen molar-refractivity contribution < 1.29 is 21.7 Å². The molecule has 0 N–H and O–H groups in total. The van der Waals surface area contributed by atoms with Gasteiger partial charge in [-0.05, 0) is 60.7 Å². The maximum Gasteiger partial charge on any atom is 0.119 e. The third kappa shape index (κ3) is 5.57. The van der Waals surface area contributed by atoms with Gasteiger partial charge in [0.2, 0.25) is 0 Å². The van der Waals surface area contributed by atoms with Crippen LogP contribution in [0.25, 0.3) is 0 Å². The van der Waals surface area contributed by atoms with E-state index in [1.165, 1.54) is 15.9 Å². The Bertz CT molecular complexity index is 944. The average molecular weight is 512 g/mol. The summed E-state index contributed by atoms with van der Waals surface area (Å²) in [6.45, 7) is 0.676. The van der Waals surface area contributed by atoms with Crippen LogP contribution in [0, 0.1) is 0 Å². The topological polar surface area (TPSA) is 9.23 Å². The molecule has 0 fully saturated rings. The second-order valence-corrected chi connectivity index (χ2v) is 11.2. The van der Waals surface area contributed by atoms with Crippen molar-refractivity contribution in [2.45, 2.75) is 6.42 Å². The van der Waals surface area contributed by atoms with E-state index in [0.29, 0.717) is 6.61 Å². The largest absolute Gasteiger partial charge is 1.00 e. The lowest BCUT2D eigenvalue weighted by Gasteiger charge is -2.27. The van der Waals surface area contributed by atoms with Crippen molar-refractivity contribution in [1.29, 1.82) is 0 Å². The molecule has 0 saturated carbocycles. The summed E-state index contributed by atoms with van der Waals surface area (Å²) in [5, 5.41) is 4.96. The summed E-state index contributed by atoms with van der Waals surface area (Å²) in [5.74, 6) is 0.863. The molecule has 0 spiro atoms. The summed E-state index contributed by atoms with van der Waals surface area (Å²) in [6, 6.07) is 40.5. The van der Waals surface area contributed by atoms with E-state index in [4.69, 9.17) is 16.3 Å².